The molecule has 0 aliphatic carbocycles. The Kier molecular flexibility index (Phi) is 5.36. The lowest BCUT2D eigenvalue weighted by molar-refractivity contribution is -0.122. The summed E-state index contributed by atoms with van der Waals surface area (Å²) in [5.74, 6) is 0.0857. The van der Waals surface area contributed by atoms with E-state index in [4.69, 9.17) is 0 Å². The van der Waals surface area contributed by atoms with E-state index in [-0.39, 0.29) is 11.9 Å². The highest BCUT2D eigenvalue weighted by molar-refractivity contribution is 9.10. The van der Waals surface area contributed by atoms with Crippen LogP contribution in [0.15, 0.2) is 65.3 Å². The van der Waals surface area contributed by atoms with Gasteiger partial charge in [-0.05, 0) is 41.6 Å². The van der Waals surface area contributed by atoms with E-state index in [1.807, 2.05) is 30.5 Å². The Morgan fingerprint density at radius 3 is 2.62 bits per heavy atom. The molecule has 2 aromatic carbocycles. The predicted octanol–water partition coefficient (Wildman–Crippen LogP) is 5.06. The summed E-state index contributed by atoms with van der Waals surface area (Å²) >= 11 is 3.44. The maximum Gasteiger partial charge on any atom is 0.222 e. The van der Waals surface area contributed by atoms with Crippen molar-refractivity contribution in [2.24, 2.45) is 0 Å². The van der Waals surface area contributed by atoms with Gasteiger partial charge in [-0.3, -0.25) is 4.79 Å². The Morgan fingerprint density at radius 2 is 1.88 bits per heavy atom. The zero-order valence-electron chi connectivity index (χ0n) is 13.7. The molecule has 1 heterocycles. The predicted molar refractivity (Wildman–Crippen MR) is 102 cm³/mol. The van der Waals surface area contributed by atoms with E-state index < -0.39 is 0 Å². The number of para-hydroxylation sites is 1. The first-order valence-electron chi connectivity index (χ1n) is 8.26. The van der Waals surface area contributed by atoms with Crippen molar-refractivity contribution >= 4 is 32.7 Å². The molecule has 3 aromatic rings. The highest BCUT2D eigenvalue weighted by Gasteiger charge is 2.13. The summed E-state index contributed by atoms with van der Waals surface area (Å²) in [5.41, 5.74) is 2.31. The Hall–Kier alpha value is -2.07. The molecule has 0 fully saturated rings. The molecule has 1 amide bonds. The number of fused-ring (bicyclic) bond motifs is 1. The van der Waals surface area contributed by atoms with Crippen molar-refractivity contribution in [3.63, 3.8) is 0 Å². The fraction of sp³-hybridized carbons (Fsp3) is 0.250. The molecule has 0 aliphatic rings. The van der Waals surface area contributed by atoms with Gasteiger partial charge in [0.1, 0.15) is 0 Å². The number of hydrogen-bond acceptors (Lipinski definition) is 1. The minimum absolute atomic E-state index is 0.0620. The Bertz CT molecular complexity index is 823. The van der Waals surface area contributed by atoms with Crippen LogP contribution in [0.3, 0.4) is 0 Å². The molecule has 1 atom stereocenters. The SMILES string of the molecule is CCC(NC(=O)CCn1ccc2ccccc21)c1ccc(Br)cc1. The van der Waals surface area contributed by atoms with Crippen molar-refractivity contribution in [1.29, 1.82) is 0 Å². The van der Waals surface area contributed by atoms with Crippen LogP contribution < -0.4 is 5.32 Å². The normalized spacial score (nSPS) is 12.2. The smallest absolute Gasteiger partial charge is 0.222 e. The lowest BCUT2D eigenvalue weighted by atomic mass is 10.0. The molecule has 1 aromatic heterocycles. The van der Waals surface area contributed by atoms with Crippen LogP contribution in [0.1, 0.15) is 31.4 Å². The fourth-order valence-electron chi connectivity index (χ4n) is 2.94. The number of amides is 1. The van der Waals surface area contributed by atoms with Crippen molar-refractivity contribution in [3.8, 4) is 0 Å². The van der Waals surface area contributed by atoms with Crippen LogP contribution in [0.4, 0.5) is 0 Å². The molecule has 1 N–H and O–H groups in total. The molecule has 1 unspecified atom stereocenters. The average Bonchev–Trinajstić information content (AvgIpc) is 3.02. The first-order chi connectivity index (χ1) is 11.7. The second-order valence-corrected chi connectivity index (χ2v) is 6.81. The van der Waals surface area contributed by atoms with E-state index in [9.17, 15) is 4.79 Å². The van der Waals surface area contributed by atoms with Crippen molar-refractivity contribution in [2.45, 2.75) is 32.4 Å². The molecular weight excluding hydrogens is 364 g/mol. The van der Waals surface area contributed by atoms with Crippen LogP contribution in [-0.2, 0) is 11.3 Å². The van der Waals surface area contributed by atoms with Crippen LogP contribution >= 0.6 is 15.9 Å². The van der Waals surface area contributed by atoms with Crippen LogP contribution in [-0.4, -0.2) is 10.5 Å². The number of aromatic nitrogens is 1. The minimum atomic E-state index is 0.0620. The molecule has 0 radical (unpaired) electrons. The molecule has 0 bridgehead atoms. The van der Waals surface area contributed by atoms with Gasteiger partial charge < -0.3 is 9.88 Å². The topological polar surface area (TPSA) is 34.0 Å². The van der Waals surface area contributed by atoms with Crippen molar-refractivity contribution < 1.29 is 4.79 Å². The number of rotatable bonds is 6. The summed E-state index contributed by atoms with van der Waals surface area (Å²) in [6.45, 7) is 2.78. The molecule has 3 rings (SSSR count). The lowest BCUT2D eigenvalue weighted by Crippen LogP contribution is -2.28. The van der Waals surface area contributed by atoms with Crippen LogP contribution in [0, 0.1) is 0 Å². The Labute approximate surface area is 150 Å². The van der Waals surface area contributed by atoms with Crippen LogP contribution in [0.25, 0.3) is 10.9 Å². The number of benzene rings is 2. The van der Waals surface area contributed by atoms with Gasteiger partial charge in [-0.1, -0.05) is 53.2 Å². The number of carbonyl (C=O) groups excluding carboxylic acids is 1. The minimum Gasteiger partial charge on any atom is -0.349 e. The third kappa shape index (κ3) is 3.88. The van der Waals surface area contributed by atoms with Gasteiger partial charge in [0.15, 0.2) is 0 Å². The number of nitrogens with one attached hydrogen (secondary N) is 1. The zero-order valence-corrected chi connectivity index (χ0v) is 15.3. The highest BCUT2D eigenvalue weighted by Crippen LogP contribution is 2.20. The first-order valence-corrected chi connectivity index (χ1v) is 9.05. The van der Waals surface area contributed by atoms with Crippen LogP contribution in [0.5, 0.6) is 0 Å². The average molecular weight is 385 g/mol. The van der Waals surface area contributed by atoms with E-state index in [1.54, 1.807) is 0 Å². The first kappa shape index (κ1) is 16.8. The largest absolute Gasteiger partial charge is 0.349 e. The summed E-state index contributed by atoms with van der Waals surface area (Å²) in [7, 11) is 0. The van der Waals surface area contributed by atoms with Crippen LogP contribution in [0.2, 0.25) is 0 Å². The van der Waals surface area contributed by atoms with E-state index >= 15 is 0 Å². The maximum atomic E-state index is 12.4. The summed E-state index contributed by atoms with van der Waals surface area (Å²) < 4.78 is 3.18. The van der Waals surface area contributed by atoms with Gasteiger partial charge >= 0.3 is 0 Å². The van der Waals surface area contributed by atoms with Gasteiger partial charge in [-0.15, -0.1) is 0 Å². The number of carbonyl (C=O) groups is 1. The van der Waals surface area contributed by atoms with Crippen molar-refractivity contribution in [2.75, 3.05) is 0 Å². The summed E-state index contributed by atoms with van der Waals surface area (Å²) in [5, 5.41) is 4.35. The second-order valence-electron chi connectivity index (χ2n) is 5.90. The summed E-state index contributed by atoms with van der Waals surface area (Å²) in [6, 6.07) is 18.5. The zero-order chi connectivity index (χ0) is 16.9. The molecule has 3 nitrogen and oxygen atoms in total. The Balaban J connectivity index is 1.61. The summed E-state index contributed by atoms with van der Waals surface area (Å²) in [4.78, 5) is 12.4. The standard InChI is InChI=1S/C20H21BrN2O/c1-2-18(15-7-9-17(21)10-8-15)22-20(24)12-14-23-13-11-16-5-3-4-6-19(16)23/h3-11,13,18H,2,12,14H2,1H3,(H,22,24). The van der Waals surface area contributed by atoms with Gasteiger partial charge in [0.25, 0.3) is 0 Å². The number of hydrogen-bond donors (Lipinski definition) is 1. The molecule has 124 valence electrons. The fourth-order valence-corrected chi connectivity index (χ4v) is 3.20. The van der Waals surface area contributed by atoms with Gasteiger partial charge in [0.2, 0.25) is 5.91 Å². The van der Waals surface area contributed by atoms with Crippen molar-refractivity contribution in [1.82, 2.24) is 9.88 Å². The second kappa shape index (κ2) is 7.67. The van der Waals surface area contributed by atoms with Gasteiger partial charge in [0, 0.05) is 29.2 Å². The van der Waals surface area contributed by atoms with Gasteiger partial charge in [-0.25, -0.2) is 0 Å². The maximum absolute atomic E-state index is 12.4. The quantitative estimate of drug-likeness (QED) is 0.632. The molecule has 0 aliphatic heterocycles. The third-order valence-corrected chi connectivity index (χ3v) is 4.80. The van der Waals surface area contributed by atoms with E-state index in [0.29, 0.717) is 13.0 Å². The molecule has 0 saturated heterocycles. The number of aryl methyl sites for hydroxylation is 1. The molecule has 0 saturated carbocycles. The molecule has 4 heteroatoms. The molecule has 24 heavy (non-hydrogen) atoms. The van der Waals surface area contributed by atoms with E-state index in [1.165, 1.54) is 10.9 Å². The van der Waals surface area contributed by atoms with Gasteiger partial charge in [-0.2, -0.15) is 0 Å². The lowest BCUT2D eigenvalue weighted by Gasteiger charge is -2.18. The van der Waals surface area contributed by atoms with E-state index in [2.05, 4.69) is 63.1 Å². The number of halogens is 1. The number of nitrogens with zero attached hydrogens (tertiary/aromatic N) is 1. The van der Waals surface area contributed by atoms with E-state index in [0.717, 1.165) is 16.5 Å². The molecule has 0 spiro atoms. The monoisotopic (exact) mass is 384 g/mol. The summed E-state index contributed by atoms with van der Waals surface area (Å²) in [6.07, 6.45) is 3.40. The molecular formula is C20H21BrN2O. The van der Waals surface area contributed by atoms with Gasteiger partial charge in [0.05, 0.1) is 6.04 Å². The van der Waals surface area contributed by atoms with Crippen molar-refractivity contribution in [3.05, 3.63) is 70.8 Å². The highest BCUT2D eigenvalue weighted by atomic mass is 79.9. The third-order valence-electron chi connectivity index (χ3n) is 4.28. The Morgan fingerprint density at radius 1 is 1.12 bits per heavy atom.